The molecule has 0 amide bonds. The van der Waals surface area contributed by atoms with Gasteiger partial charge in [-0.15, -0.1) is 0 Å². The van der Waals surface area contributed by atoms with Gasteiger partial charge < -0.3 is 15.0 Å². The average molecular weight is 230 g/mol. The van der Waals surface area contributed by atoms with Gasteiger partial charge in [-0.2, -0.15) is 0 Å². The second-order valence-corrected chi connectivity index (χ2v) is 4.49. The number of hydrogen-bond donors (Lipinski definition) is 1. The number of unbranched alkanes of at least 4 members (excludes halogenated alkanes) is 1. The number of nitrogens with one attached hydrogen (secondary N) is 1. The minimum Gasteiger partial charge on any atom is -0.376 e. The van der Waals surface area contributed by atoms with Crippen LogP contribution in [0, 0.1) is 0 Å². The van der Waals surface area contributed by atoms with Crippen molar-refractivity contribution < 1.29 is 4.74 Å². The van der Waals surface area contributed by atoms with Crippen LogP contribution in [0.3, 0.4) is 0 Å². The van der Waals surface area contributed by atoms with Gasteiger partial charge >= 0.3 is 0 Å². The number of rotatable bonds is 5. The van der Waals surface area contributed by atoms with Crippen molar-refractivity contribution in [1.82, 2.24) is 10.2 Å². The van der Waals surface area contributed by atoms with Gasteiger partial charge in [0.25, 0.3) is 0 Å². The maximum absolute atomic E-state index is 5.57. The molecule has 1 saturated heterocycles. The molecule has 15 heavy (non-hydrogen) atoms. The summed E-state index contributed by atoms with van der Waals surface area (Å²) in [5.74, 6) is 0. The van der Waals surface area contributed by atoms with E-state index in [1.165, 1.54) is 25.7 Å². The molecule has 0 spiro atoms. The van der Waals surface area contributed by atoms with Crippen LogP contribution < -0.4 is 5.32 Å². The van der Waals surface area contributed by atoms with Gasteiger partial charge in [0, 0.05) is 26.7 Å². The molecule has 1 atom stereocenters. The van der Waals surface area contributed by atoms with Crippen LogP contribution in [0.15, 0.2) is 0 Å². The van der Waals surface area contributed by atoms with Crippen LogP contribution in [0.5, 0.6) is 0 Å². The van der Waals surface area contributed by atoms with Crippen molar-refractivity contribution in [3.63, 3.8) is 0 Å². The van der Waals surface area contributed by atoms with Gasteiger partial charge in [0.2, 0.25) is 0 Å². The molecule has 0 aliphatic carbocycles. The molecular formula is C11H22N2OS. The molecule has 0 saturated carbocycles. The largest absolute Gasteiger partial charge is 0.376 e. The Morgan fingerprint density at radius 1 is 1.60 bits per heavy atom. The maximum Gasteiger partial charge on any atom is 0.168 e. The van der Waals surface area contributed by atoms with E-state index in [1.807, 2.05) is 7.05 Å². The molecule has 0 radical (unpaired) electrons. The van der Waals surface area contributed by atoms with Gasteiger partial charge in [-0.05, 0) is 31.5 Å². The molecule has 0 bridgehead atoms. The van der Waals surface area contributed by atoms with Crippen molar-refractivity contribution in [2.24, 2.45) is 0 Å². The molecule has 1 unspecified atom stereocenters. The van der Waals surface area contributed by atoms with Crippen molar-refractivity contribution in [2.75, 3.05) is 26.7 Å². The highest BCUT2D eigenvalue weighted by Crippen LogP contribution is 2.12. The fourth-order valence-corrected chi connectivity index (χ4v) is 1.86. The van der Waals surface area contributed by atoms with E-state index in [2.05, 4.69) is 17.1 Å². The van der Waals surface area contributed by atoms with Crippen LogP contribution in [0.4, 0.5) is 0 Å². The van der Waals surface area contributed by atoms with E-state index >= 15 is 0 Å². The van der Waals surface area contributed by atoms with Crippen molar-refractivity contribution in [3.05, 3.63) is 0 Å². The van der Waals surface area contributed by atoms with E-state index in [1.54, 1.807) is 0 Å². The van der Waals surface area contributed by atoms with Crippen LogP contribution in [-0.4, -0.2) is 42.9 Å². The van der Waals surface area contributed by atoms with Gasteiger partial charge in [-0.1, -0.05) is 13.3 Å². The Balaban J connectivity index is 2.14. The van der Waals surface area contributed by atoms with Crippen LogP contribution in [-0.2, 0) is 4.74 Å². The lowest BCUT2D eigenvalue weighted by atomic mass is 10.2. The van der Waals surface area contributed by atoms with Crippen LogP contribution in [0.2, 0.25) is 0 Å². The molecule has 1 fully saturated rings. The molecule has 0 aromatic rings. The summed E-state index contributed by atoms with van der Waals surface area (Å²) in [4.78, 5) is 2.08. The zero-order valence-corrected chi connectivity index (χ0v) is 10.6. The second kappa shape index (κ2) is 7.01. The second-order valence-electron chi connectivity index (χ2n) is 4.10. The third-order valence-electron chi connectivity index (χ3n) is 2.65. The van der Waals surface area contributed by atoms with Crippen molar-refractivity contribution >= 4 is 17.3 Å². The average Bonchev–Trinajstić information content (AvgIpc) is 2.70. The van der Waals surface area contributed by atoms with E-state index in [9.17, 15) is 0 Å². The topological polar surface area (TPSA) is 24.5 Å². The summed E-state index contributed by atoms with van der Waals surface area (Å²) in [6.07, 6.45) is 5.11. The van der Waals surface area contributed by atoms with Gasteiger partial charge in [0.15, 0.2) is 5.11 Å². The van der Waals surface area contributed by atoms with E-state index in [-0.39, 0.29) is 0 Å². The van der Waals surface area contributed by atoms with Crippen LogP contribution in [0.1, 0.15) is 32.6 Å². The summed E-state index contributed by atoms with van der Waals surface area (Å²) in [5.41, 5.74) is 0. The van der Waals surface area contributed by atoms with E-state index in [4.69, 9.17) is 17.0 Å². The molecule has 1 rings (SSSR count). The van der Waals surface area contributed by atoms with Crippen molar-refractivity contribution in [1.29, 1.82) is 0 Å². The Morgan fingerprint density at radius 2 is 2.40 bits per heavy atom. The first kappa shape index (κ1) is 12.7. The summed E-state index contributed by atoms with van der Waals surface area (Å²) in [5, 5.41) is 4.11. The summed E-state index contributed by atoms with van der Waals surface area (Å²) < 4.78 is 5.57. The van der Waals surface area contributed by atoms with E-state index in [0.29, 0.717) is 6.10 Å². The first-order valence-corrected chi connectivity index (χ1v) is 6.25. The molecule has 0 aromatic carbocycles. The predicted molar refractivity (Wildman–Crippen MR) is 67.1 cm³/mol. The molecule has 1 N–H and O–H groups in total. The molecule has 88 valence electrons. The van der Waals surface area contributed by atoms with Gasteiger partial charge in [-0.25, -0.2) is 0 Å². The molecule has 1 heterocycles. The summed E-state index contributed by atoms with van der Waals surface area (Å²) in [7, 11) is 2.03. The Labute approximate surface area is 98.2 Å². The first-order valence-electron chi connectivity index (χ1n) is 5.84. The highest BCUT2D eigenvalue weighted by Gasteiger charge is 2.18. The number of likely N-dealkylation sites (N-methyl/N-ethyl adjacent to an activating group) is 1. The lowest BCUT2D eigenvalue weighted by Gasteiger charge is -2.23. The zero-order chi connectivity index (χ0) is 11.1. The number of ether oxygens (including phenoxy) is 1. The van der Waals surface area contributed by atoms with Gasteiger partial charge in [-0.3, -0.25) is 0 Å². The fourth-order valence-electron chi connectivity index (χ4n) is 1.68. The number of thiocarbonyl (C=S) groups is 1. The highest BCUT2D eigenvalue weighted by atomic mass is 32.1. The van der Waals surface area contributed by atoms with Crippen LogP contribution >= 0.6 is 12.2 Å². The Bertz CT molecular complexity index is 193. The Morgan fingerprint density at radius 3 is 3.00 bits per heavy atom. The normalized spacial score (nSPS) is 20.3. The molecule has 3 nitrogen and oxygen atoms in total. The third kappa shape index (κ3) is 4.80. The monoisotopic (exact) mass is 230 g/mol. The third-order valence-corrected chi connectivity index (χ3v) is 3.11. The molecule has 1 aliphatic rings. The predicted octanol–water partition coefficient (Wildman–Crippen LogP) is 1.77. The van der Waals surface area contributed by atoms with E-state index < -0.39 is 0 Å². The minimum atomic E-state index is 0.376. The quantitative estimate of drug-likeness (QED) is 0.575. The smallest absolute Gasteiger partial charge is 0.168 e. The Hall–Kier alpha value is -0.350. The first-order chi connectivity index (χ1) is 7.24. The maximum atomic E-state index is 5.57. The molecule has 0 aromatic heterocycles. The summed E-state index contributed by atoms with van der Waals surface area (Å²) >= 11 is 5.28. The summed E-state index contributed by atoms with van der Waals surface area (Å²) in [6.45, 7) is 4.98. The summed E-state index contributed by atoms with van der Waals surface area (Å²) in [6, 6.07) is 0. The van der Waals surface area contributed by atoms with Crippen molar-refractivity contribution in [3.8, 4) is 0 Å². The zero-order valence-electron chi connectivity index (χ0n) is 9.79. The Kier molecular flexibility index (Phi) is 5.95. The van der Waals surface area contributed by atoms with Gasteiger partial charge in [0.05, 0.1) is 6.10 Å². The molecule has 1 aliphatic heterocycles. The van der Waals surface area contributed by atoms with E-state index in [0.717, 1.165) is 24.8 Å². The highest BCUT2D eigenvalue weighted by molar-refractivity contribution is 7.80. The number of hydrogen-bond acceptors (Lipinski definition) is 2. The molecular weight excluding hydrogens is 208 g/mol. The lowest BCUT2D eigenvalue weighted by molar-refractivity contribution is 0.0957. The SMILES string of the molecule is CCCCNC(=S)N(C)CC1CCCO1. The molecule has 4 heteroatoms. The number of nitrogens with zero attached hydrogens (tertiary/aromatic N) is 1. The van der Waals surface area contributed by atoms with Crippen LogP contribution in [0.25, 0.3) is 0 Å². The standard InChI is InChI=1S/C11H22N2OS/c1-3-4-7-12-11(15)13(2)9-10-6-5-8-14-10/h10H,3-9H2,1-2H3,(H,12,15). The minimum absolute atomic E-state index is 0.376. The lowest BCUT2D eigenvalue weighted by Crippen LogP contribution is -2.41. The van der Waals surface area contributed by atoms with Crippen molar-refractivity contribution in [2.45, 2.75) is 38.7 Å². The fraction of sp³-hybridized carbons (Fsp3) is 0.909. The van der Waals surface area contributed by atoms with Gasteiger partial charge in [0.1, 0.15) is 0 Å².